The summed E-state index contributed by atoms with van der Waals surface area (Å²) < 4.78 is 13.5. The molecular weight excluding hydrogens is 305 g/mol. The highest BCUT2D eigenvalue weighted by Crippen LogP contribution is 2.24. The summed E-state index contributed by atoms with van der Waals surface area (Å²) in [4.78, 5) is 14.6. The molecule has 1 saturated heterocycles. The van der Waals surface area contributed by atoms with E-state index < -0.39 is 0 Å². The lowest BCUT2D eigenvalue weighted by Gasteiger charge is -2.36. The molecule has 1 unspecified atom stereocenters. The number of piperazine rings is 1. The molecule has 24 heavy (non-hydrogen) atoms. The van der Waals surface area contributed by atoms with Crippen LogP contribution in [0.3, 0.4) is 0 Å². The number of aryl methyl sites for hydroxylation is 1. The molecule has 0 aromatic heterocycles. The van der Waals surface area contributed by atoms with Crippen molar-refractivity contribution >= 4 is 11.6 Å². The molecule has 2 aromatic carbocycles. The Morgan fingerprint density at radius 2 is 2.08 bits per heavy atom. The van der Waals surface area contributed by atoms with Gasteiger partial charge in [0.25, 0.3) is 0 Å². The number of nitrogen functional groups attached to an aromatic ring is 1. The van der Waals surface area contributed by atoms with Crippen molar-refractivity contribution in [2.24, 2.45) is 0 Å². The van der Waals surface area contributed by atoms with Gasteiger partial charge in [0.1, 0.15) is 5.82 Å². The van der Waals surface area contributed by atoms with E-state index in [1.54, 1.807) is 6.07 Å². The van der Waals surface area contributed by atoms with Crippen LogP contribution in [0.1, 0.15) is 23.6 Å². The minimum absolute atomic E-state index is 0.0778. The van der Waals surface area contributed by atoms with Crippen molar-refractivity contribution < 1.29 is 9.18 Å². The molecule has 5 heteroatoms. The molecule has 1 heterocycles. The van der Waals surface area contributed by atoms with Gasteiger partial charge in [-0.2, -0.15) is 0 Å². The lowest BCUT2D eigenvalue weighted by atomic mass is 10.0. The number of carbonyl (C=O) groups is 1. The third kappa shape index (κ3) is 3.74. The van der Waals surface area contributed by atoms with Crippen molar-refractivity contribution in [1.29, 1.82) is 0 Å². The average molecular weight is 327 g/mol. The number of anilines is 1. The van der Waals surface area contributed by atoms with E-state index in [4.69, 9.17) is 5.73 Å². The molecule has 1 amide bonds. The molecule has 1 aliphatic rings. The second-order valence-corrected chi connectivity index (χ2v) is 6.06. The SMILES string of the molecule is Nc1ccccc1CCC(=O)N1CCNCC1c1cccc(F)c1. The highest BCUT2D eigenvalue weighted by atomic mass is 19.1. The summed E-state index contributed by atoms with van der Waals surface area (Å²) in [5.41, 5.74) is 8.48. The van der Waals surface area contributed by atoms with Gasteiger partial charge in [-0.05, 0) is 35.7 Å². The summed E-state index contributed by atoms with van der Waals surface area (Å²) in [7, 11) is 0. The number of nitrogens with one attached hydrogen (secondary N) is 1. The monoisotopic (exact) mass is 327 g/mol. The van der Waals surface area contributed by atoms with E-state index in [1.807, 2.05) is 35.2 Å². The van der Waals surface area contributed by atoms with Crippen LogP contribution < -0.4 is 11.1 Å². The lowest BCUT2D eigenvalue weighted by molar-refractivity contribution is -0.134. The maximum Gasteiger partial charge on any atom is 0.223 e. The Labute approximate surface area is 141 Å². The number of halogens is 1. The smallest absolute Gasteiger partial charge is 0.223 e. The van der Waals surface area contributed by atoms with Gasteiger partial charge in [0.05, 0.1) is 6.04 Å². The summed E-state index contributed by atoms with van der Waals surface area (Å²) in [6, 6.07) is 14.0. The fourth-order valence-electron chi connectivity index (χ4n) is 3.16. The van der Waals surface area contributed by atoms with Crippen LogP contribution in [0.2, 0.25) is 0 Å². The Morgan fingerprint density at radius 1 is 1.25 bits per heavy atom. The third-order valence-corrected chi connectivity index (χ3v) is 4.46. The van der Waals surface area contributed by atoms with E-state index in [1.165, 1.54) is 12.1 Å². The zero-order valence-electron chi connectivity index (χ0n) is 13.5. The number of nitrogens with two attached hydrogens (primary N) is 1. The number of rotatable bonds is 4. The van der Waals surface area contributed by atoms with Crippen LogP contribution >= 0.6 is 0 Å². The Balaban J connectivity index is 1.71. The van der Waals surface area contributed by atoms with Gasteiger partial charge in [-0.25, -0.2) is 4.39 Å². The van der Waals surface area contributed by atoms with E-state index in [0.717, 1.165) is 17.7 Å². The van der Waals surface area contributed by atoms with E-state index in [0.29, 0.717) is 31.6 Å². The Morgan fingerprint density at radius 3 is 2.88 bits per heavy atom. The van der Waals surface area contributed by atoms with Gasteiger partial charge in [0, 0.05) is 31.7 Å². The minimum atomic E-state index is -0.275. The molecule has 126 valence electrons. The normalized spacial score (nSPS) is 17.7. The Hall–Kier alpha value is -2.40. The van der Waals surface area contributed by atoms with Gasteiger partial charge < -0.3 is 16.0 Å². The van der Waals surface area contributed by atoms with Crippen LogP contribution in [0.5, 0.6) is 0 Å². The molecule has 4 nitrogen and oxygen atoms in total. The largest absolute Gasteiger partial charge is 0.399 e. The minimum Gasteiger partial charge on any atom is -0.399 e. The fourth-order valence-corrected chi connectivity index (χ4v) is 3.16. The van der Waals surface area contributed by atoms with E-state index >= 15 is 0 Å². The highest BCUT2D eigenvalue weighted by Gasteiger charge is 2.27. The van der Waals surface area contributed by atoms with Crippen molar-refractivity contribution in [3.8, 4) is 0 Å². The number of benzene rings is 2. The highest BCUT2D eigenvalue weighted by molar-refractivity contribution is 5.77. The maximum absolute atomic E-state index is 13.5. The van der Waals surface area contributed by atoms with Crippen LogP contribution in [-0.4, -0.2) is 30.4 Å². The summed E-state index contributed by atoms with van der Waals surface area (Å²) in [5, 5.41) is 3.28. The predicted molar refractivity (Wildman–Crippen MR) is 92.9 cm³/mol. The van der Waals surface area contributed by atoms with Gasteiger partial charge in [0.15, 0.2) is 0 Å². The number of amides is 1. The number of hydrogen-bond donors (Lipinski definition) is 2. The van der Waals surface area contributed by atoms with Gasteiger partial charge in [-0.3, -0.25) is 4.79 Å². The first kappa shape index (κ1) is 16.5. The maximum atomic E-state index is 13.5. The van der Waals surface area contributed by atoms with Gasteiger partial charge in [0.2, 0.25) is 5.91 Å². The van der Waals surface area contributed by atoms with Crippen molar-refractivity contribution in [1.82, 2.24) is 10.2 Å². The first-order valence-corrected chi connectivity index (χ1v) is 8.24. The molecule has 0 bridgehead atoms. The van der Waals surface area contributed by atoms with E-state index in [-0.39, 0.29) is 17.8 Å². The van der Waals surface area contributed by atoms with Crippen molar-refractivity contribution in [2.75, 3.05) is 25.4 Å². The second-order valence-electron chi connectivity index (χ2n) is 6.06. The van der Waals surface area contributed by atoms with Crippen LogP contribution in [0.4, 0.5) is 10.1 Å². The van der Waals surface area contributed by atoms with Crippen LogP contribution in [0, 0.1) is 5.82 Å². The summed E-state index contributed by atoms with van der Waals surface area (Å²) in [6.45, 7) is 2.03. The third-order valence-electron chi connectivity index (χ3n) is 4.46. The number of nitrogens with zero attached hydrogens (tertiary/aromatic N) is 1. The predicted octanol–water partition coefficient (Wildman–Crippen LogP) is 2.51. The van der Waals surface area contributed by atoms with Crippen LogP contribution in [0.15, 0.2) is 48.5 Å². The summed E-state index contributed by atoms with van der Waals surface area (Å²) >= 11 is 0. The molecule has 0 aliphatic carbocycles. The number of carbonyl (C=O) groups excluding carboxylic acids is 1. The fraction of sp³-hybridized carbons (Fsp3) is 0.316. The zero-order valence-corrected chi connectivity index (χ0v) is 13.5. The lowest BCUT2D eigenvalue weighted by Crippen LogP contribution is -2.48. The van der Waals surface area contributed by atoms with E-state index in [2.05, 4.69) is 5.32 Å². The molecule has 1 atom stereocenters. The quantitative estimate of drug-likeness (QED) is 0.849. The molecule has 1 aliphatic heterocycles. The van der Waals surface area contributed by atoms with Crippen molar-refractivity contribution in [3.05, 3.63) is 65.5 Å². The van der Waals surface area contributed by atoms with Crippen LogP contribution in [0.25, 0.3) is 0 Å². The first-order chi connectivity index (χ1) is 11.6. The molecule has 0 radical (unpaired) electrons. The Kier molecular flexibility index (Phi) is 5.11. The van der Waals surface area contributed by atoms with E-state index in [9.17, 15) is 9.18 Å². The summed E-state index contributed by atoms with van der Waals surface area (Å²) in [6.07, 6.45) is 1.02. The molecule has 0 saturated carbocycles. The zero-order chi connectivity index (χ0) is 16.9. The summed E-state index contributed by atoms with van der Waals surface area (Å²) in [5.74, 6) is -0.198. The molecule has 1 fully saturated rings. The molecule has 2 aromatic rings. The number of hydrogen-bond acceptors (Lipinski definition) is 3. The van der Waals surface area contributed by atoms with Crippen LogP contribution in [-0.2, 0) is 11.2 Å². The second kappa shape index (κ2) is 7.45. The average Bonchev–Trinajstić information content (AvgIpc) is 2.61. The Bertz CT molecular complexity index is 719. The topological polar surface area (TPSA) is 58.4 Å². The first-order valence-electron chi connectivity index (χ1n) is 8.24. The van der Waals surface area contributed by atoms with Gasteiger partial charge in [-0.1, -0.05) is 30.3 Å². The molecule has 3 N–H and O–H groups in total. The van der Waals surface area contributed by atoms with Crippen molar-refractivity contribution in [2.45, 2.75) is 18.9 Å². The standard InChI is InChI=1S/C19H22FN3O/c20-16-6-3-5-15(12-16)18-13-22-10-11-23(18)19(24)9-8-14-4-1-2-7-17(14)21/h1-7,12,18,22H,8-11,13,21H2. The molecule has 0 spiro atoms. The molecular formula is C19H22FN3O. The molecule has 3 rings (SSSR count). The number of para-hydroxylation sites is 1. The van der Waals surface area contributed by atoms with Crippen molar-refractivity contribution in [3.63, 3.8) is 0 Å². The van der Waals surface area contributed by atoms with Gasteiger partial charge >= 0.3 is 0 Å². The van der Waals surface area contributed by atoms with Gasteiger partial charge in [-0.15, -0.1) is 0 Å².